The molecule has 3 aromatic rings. The van der Waals surface area contributed by atoms with Gasteiger partial charge in [0.15, 0.2) is 16.3 Å². The van der Waals surface area contributed by atoms with Crippen LogP contribution in [0, 0.1) is 0 Å². The first kappa shape index (κ1) is 26.7. The molecule has 1 aliphatic heterocycles. The van der Waals surface area contributed by atoms with Gasteiger partial charge < -0.3 is 14.4 Å². The summed E-state index contributed by atoms with van der Waals surface area (Å²) in [5, 5.41) is 0.581. The van der Waals surface area contributed by atoms with E-state index in [9.17, 15) is 9.59 Å². The molecule has 1 atom stereocenters. The molecule has 0 radical (unpaired) electrons. The standard InChI is InChI=1S/C28H30ClN3O4S/c1-6-31(7-2)27(34)24-17(4)30-28-32(25(24)19-10-12-20(29)13-11-19)26(33)23(37-28)16-18-9-14-21(36-8-3)22(15-18)35-5/h9-16,25H,6-8H2,1-5H3/b23-16+/t25-/m1/s1. The van der Waals surface area contributed by atoms with Gasteiger partial charge >= 0.3 is 0 Å². The fraction of sp³-hybridized carbons (Fsp3) is 0.321. The smallest absolute Gasteiger partial charge is 0.271 e. The molecule has 1 aromatic heterocycles. The molecule has 0 spiro atoms. The Kier molecular flexibility index (Phi) is 8.19. The summed E-state index contributed by atoms with van der Waals surface area (Å²) in [4.78, 5) is 34.5. The molecule has 0 bridgehead atoms. The minimum absolute atomic E-state index is 0.128. The van der Waals surface area contributed by atoms with E-state index < -0.39 is 6.04 Å². The lowest BCUT2D eigenvalue weighted by Gasteiger charge is -2.29. The molecule has 1 amide bonds. The van der Waals surface area contributed by atoms with Gasteiger partial charge in [-0.2, -0.15) is 0 Å². The number of likely N-dealkylation sites (N-methyl/N-ethyl adjacent to an activating group) is 1. The second-order valence-electron chi connectivity index (χ2n) is 8.45. The highest BCUT2D eigenvalue weighted by molar-refractivity contribution is 7.07. The van der Waals surface area contributed by atoms with E-state index in [4.69, 9.17) is 26.1 Å². The second kappa shape index (κ2) is 11.4. The molecule has 0 aliphatic carbocycles. The third-order valence-electron chi connectivity index (χ3n) is 6.27. The number of carbonyl (C=O) groups excluding carboxylic acids is 1. The van der Waals surface area contributed by atoms with E-state index in [1.807, 2.05) is 64.1 Å². The number of rotatable bonds is 8. The van der Waals surface area contributed by atoms with Gasteiger partial charge in [0.25, 0.3) is 11.5 Å². The number of halogens is 1. The molecule has 9 heteroatoms. The Balaban J connectivity index is 1.91. The molecule has 4 rings (SSSR count). The number of carbonyl (C=O) groups is 1. The molecule has 7 nitrogen and oxygen atoms in total. The molecular weight excluding hydrogens is 510 g/mol. The Hall–Kier alpha value is -3.36. The van der Waals surface area contributed by atoms with Crippen molar-refractivity contribution in [1.29, 1.82) is 0 Å². The molecule has 0 fully saturated rings. The minimum atomic E-state index is -0.612. The van der Waals surface area contributed by atoms with Gasteiger partial charge in [-0.25, -0.2) is 4.99 Å². The Morgan fingerprint density at radius 1 is 1.14 bits per heavy atom. The van der Waals surface area contributed by atoms with Crippen molar-refractivity contribution >= 4 is 34.9 Å². The van der Waals surface area contributed by atoms with Crippen molar-refractivity contribution in [2.75, 3.05) is 26.8 Å². The number of fused-ring (bicyclic) bond motifs is 1. The Bertz CT molecular complexity index is 1520. The normalized spacial score (nSPS) is 15.3. The van der Waals surface area contributed by atoms with Crippen LogP contribution >= 0.6 is 22.9 Å². The summed E-state index contributed by atoms with van der Waals surface area (Å²) in [6, 6.07) is 12.2. The van der Waals surface area contributed by atoms with E-state index in [0.717, 1.165) is 11.1 Å². The predicted molar refractivity (Wildman–Crippen MR) is 147 cm³/mol. The van der Waals surface area contributed by atoms with Crippen LogP contribution in [-0.4, -0.2) is 42.2 Å². The number of allylic oxidation sites excluding steroid dienone is 1. The maximum atomic E-state index is 13.8. The SMILES string of the molecule is CCOc1ccc(/C=c2/sc3n(c2=O)[C@H](c2ccc(Cl)cc2)C(C(=O)N(CC)CC)=C(C)N=3)cc1OC. The summed E-state index contributed by atoms with van der Waals surface area (Å²) in [6.45, 7) is 9.25. The molecular formula is C28H30ClN3O4S. The number of ether oxygens (including phenoxy) is 2. The number of nitrogens with zero attached hydrogens (tertiary/aromatic N) is 3. The highest BCUT2D eigenvalue weighted by Crippen LogP contribution is 2.32. The van der Waals surface area contributed by atoms with Crippen LogP contribution in [0.2, 0.25) is 5.02 Å². The number of amides is 1. The van der Waals surface area contributed by atoms with Crippen molar-refractivity contribution in [3.05, 3.63) is 89.6 Å². The molecule has 0 saturated carbocycles. The number of benzene rings is 2. The van der Waals surface area contributed by atoms with Crippen LogP contribution < -0.4 is 24.4 Å². The van der Waals surface area contributed by atoms with Crippen LogP contribution in [0.1, 0.15) is 44.9 Å². The molecule has 0 N–H and O–H groups in total. The lowest BCUT2D eigenvalue weighted by Crippen LogP contribution is -2.43. The van der Waals surface area contributed by atoms with Crippen molar-refractivity contribution in [3.8, 4) is 11.5 Å². The van der Waals surface area contributed by atoms with Crippen molar-refractivity contribution in [3.63, 3.8) is 0 Å². The van der Waals surface area contributed by atoms with Gasteiger partial charge in [0.2, 0.25) is 0 Å². The first-order valence-electron chi connectivity index (χ1n) is 12.2. The zero-order chi connectivity index (χ0) is 26.7. The van der Waals surface area contributed by atoms with Crippen molar-refractivity contribution < 1.29 is 14.3 Å². The molecule has 37 heavy (non-hydrogen) atoms. The van der Waals surface area contributed by atoms with Crippen molar-refractivity contribution in [2.24, 2.45) is 4.99 Å². The van der Waals surface area contributed by atoms with Crippen molar-refractivity contribution in [1.82, 2.24) is 9.47 Å². The van der Waals surface area contributed by atoms with Gasteiger partial charge in [0.05, 0.1) is 35.6 Å². The van der Waals surface area contributed by atoms with Gasteiger partial charge in [-0.1, -0.05) is 41.1 Å². The molecule has 0 unspecified atom stereocenters. The topological polar surface area (TPSA) is 73.1 Å². The number of hydrogen-bond acceptors (Lipinski definition) is 6. The summed E-state index contributed by atoms with van der Waals surface area (Å²) in [7, 11) is 1.58. The number of methoxy groups -OCH3 is 1. The number of thiazole rings is 1. The lowest BCUT2D eigenvalue weighted by atomic mass is 9.94. The maximum absolute atomic E-state index is 13.8. The lowest BCUT2D eigenvalue weighted by molar-refractivity contribution is -0.127. The maximum Gasteiger partial charge on any atom is 0.271 e. The average Bonchev–Trinajstić information content (AvgIpc) is 3.19. The van der Waals surface area contributed by atoms with Crippen LogP contribution in [-0.2, 0) is 4.79 Å². The Morgan fingerprint density at radius 3 is 2.46 bits per heavy atom. The van der Waals surface area contributed by atoms with Crippen LogP contribution in [0.3, 0.4) is 0 Å². The van der Waals surface area contributed by atoms with E-state index in [0.29, 0.717) is 56.8 Å². The summed E-state index contributed by atoms with van der Waals surface area (Å²) < 4.78 is 13.2. The number of aromatic nitrogens is 1. The third-order valence-corrected chi connectivity index (χ3v) is 7.51. The molecule has 2 aromatic carbocycles. The molecule has 2 heterocycles. The largest absolute Gasteiger partial charge is 0.493 e. The van der Waals surface area contributed by atoms with Crippen LogP contribution in [0.4, 0.5) is 0 Å². The van der Waals surface area contributed by atoms with Crippen molar-refractivity contribution in [2.45, 2.75) is 33.7 Å². The van der Waals surface area contributed by atoms with E-state index in [-0.39, 0.29) is 11.5 Å². The summed E-state index contributed by atoms with van der Waals surface area (Å²) in [6.07, 6.45) is 1.81. The van der Waals surface area contributed by atoms with Gasteiger partial charge in [-0.05, 0) is 69.2 Å². The average molecular weight is 540 g/mol. The van der Waals surface area contributed by atoms with E-state index in [1.54, 1.807) is 28.7 Å². The van der Waals surface area contributed by atoms with E-state index in [1.165, 1.54) is 11.3 Å². The first-order valence-corrected chi connectivity index (χ1v) is 13.4. The second-order valence-corrected chi connectivity index (χ2v) is 9.90. The predicted octanol–water partition coefficient (Wildman–Crippen LogP) is 4.16. The first-order chi connectivity index (χ1) is 17.8. The zero-order valence-corrected chi connectivity index (χ0v) is 23.2. The van der Waals surface area contributed by atoms with Crippen LogP contribution in [0.5, 0.6) is 11.5 Å². The molecule has 1 aliphatic rings. The fourth-order valence-corrected chi connectivity index (χ4v) is 5.61. The monoisotopic (exact) mass is 539 g/mol. The van der Waals surface area contributed by atoms with E-state index in [2.05, 4.69) is 0 Å². The van der Waals surface area contributed by atoms with Crippen LogP contribution in [0.15, 0.2) is 63.5 Å². The Morgan fingerprint density at radius 2 is 1.84 bits per heavy atom. The van der Waals surface area contributed by atoms with Gasteiger partial charge in [-0.15, -0.1) is 0 Å². The molecule has 194 valence electrons. The summed E-state index contributed by atoms with van der Waals surface area (Å²) in [5.41, 5.74) is 2.47. The Labute approximate surface area is 224 Å². The van der Waals surface area contributed by atoms with Gasteiger partial charge in [0, 0.05) is 18.1 Å². The number of hydrogen-bond donors (Lipinski definition) is 0. The summed E-state index contributed by atoms with van der Waals surface area (Å²) >= 11 is 7.45. The van der Waals surface area contributed by atoms with Crippen LogP contribution in [0.25, 0.3) is 6.08 Å². The van der Waals surface area contributed by atoms with E-state index >= 15 is 0 Å². The quantitative estimate of drug-likeness (QED) is 0.431. The van der Waals surface area contributed by atoms with Gasteiger partial charge in [-0.3, -0.25) is 14.2 Å². The zero-order valence-electron chi connectivity index (χ0n) is 21.6. The van der Waals surface area contributed by atoms with Gasteiger partial charge in [0.1, 0.15) is 0 Å². The summed E-state index contributed by atoms with van der Waals surface area (Å²) in [5.74, 6) is 1.10. The fourth-order valence-electron chi connectivity index (χ4n) is 4.44. The minimum Gasteiger partial charge on any atom is -0.493 e. The third kappa shape index (κ3) is 5.22. The highest BCUT2D eigenvalue weighted by Gasteiger charge is 2.34. The highest BCUT2D eigenvalue weighted by atomic mass is 35.5. The molecule has 0 saturated heterocycles.